The molecule has 3 nitrogen and oxygen atoms in total. The Bertz CT molecular complexity index is 361. The number of carbonyl (C=O) groups excluding carboxylic acids is 1. The Morgan fingerprint density at radius 2 is 2.29 bits per heavy atom. The first kappa shape index (κ1) is 10.7. The summed E-state index contributed by atoms with van der Waals surface area (Å²) in [5.41, 5.74) is 0.423. The first-order valence-corrected chi connectivity index (χ1v) is 4.48. The van der Waals surface area contributed by atoms with Gasteiger partial charge in [-0.25, -0.2) is 4.98 Å². The van der Waals surface area contributed by atoms with Crippen LogP contribution in [0, 0.1) is 0 Å². The Kier molecular flexibility index (Phi) is 3.65. The van der Waals surface area contributed by atoms with Crippen LogP contribution < -0.4 is 0 Å². The molecule has 1 aromatic heterocycles. The molecule has 0 spiro atoms. The van der Waals surface area contributed by atoms with Crippen LogP contribution in [0.25, 0.3) is 0 Å². The van der Waals surface area contributed by atoms with Gasteiger partial charge in [-0.1, -0.05) is 11.6 Å². The van der Waals surface area contributed by atoms with E-state index in [1.807, 2.05) is 14.1 Å². The molecule has 0 saturated heterocycles. The number of hydrogen-bond acceptors (Lipinski definition) is 3. The predicted octanol–water partition coefficient (Wildman–Crippen LogP) is 1.99. The minimum absolute atomic E-state index is 0.142. The molecule has 0 aliphatic heterocycles. The van der Waals surface area contributed by atoms with Crippen LogP contribution in [0.1, 0.15) is 10.4 Å². The van der Waals surface area contributed by atoms with Crippen LogP contribution in [0.15, 0.2) is 30.6 Å². The van der Waals surface area contributed by atoms with Crippen molar-refractivity contribution < 1.29 is 4.79 Å². The van der Waals surface area contributed by atoms with Gasteiger partial charge in [0.15, 0.2) is 5.78 Å². The summed E-state index contributed by atoms with van der Waals surface area (Å²) in [6.07, 6.45) is 4.68. The second-order valence-corrected chi connectivity index (χ2v) is 3.34. The van der Waals surface area contributed by atoms with Gasteiger partial charge in [-0.05, 0) is 12.1 Å². The lowest BCUT2D eigenvalue weighted by Crippen LogP contribution is -2.03. The fourth-order valence-electron chi connectivity index (χ4n) is 0.876. The van der Waals surface area contributed by atoms with Gasteiger partial charge in [-0.15, -0.1) is 0 Å². The second kappa shape index (κ2) is 4.77. The smallest absolute Gasteiger partial charge is 0.190 e. The van der Waals surface area contributed by atoms with Crippen molar-refractivity contribution in [2.45, 2.75) is 0 Å². The van der Waals surface area contributed by atoms with E-state index in [-0.39, 0.29) is 10.9 Å². The third kappa shape index (κ3) is 2.85. The van der Waals surface area contributed by atoms with E-state index < -0.39 is 0 Å². The minimum Gasteiger partial charge on any atom is -0.383 e. The zero-order valence-corrected chi connectivity index (χ0v) is 8.82. The molecular weight excluding hydrogens is 200 g/mol. The van der Waals surface area contributed by atoms with E-state index in [1.165, 1.54) is 6.08 Å². The lowest BCUT2D eigenvalue weighted by atomic mass is 10.2. The summed E-state index contributed by atoms with van der Waals surface area (Å²) in [6, 6.07) is 3.33. The van der Waals surface area contributed by atoms with Gasteiger partial charge in [0.2, 0.25) is 0 Å². The molecule has 14 heavy (non-hydrogen) atoms. The van der Waals surface area contributed by atoms with Crippen molar-refractivity contribution in [2.24, 2.45) is 0 Å². The highest BCUT2D eigenvalue weighted by Crippen LogP contribution is 2.12. The Hall–Kier alpha value is -1.35. The van der Waals surface area contributed by atoms with Crippen LogP contribution in [0.2, 0.25) is 5.15 Å². The summed E-state index contributed by atoms with van der Waals surface area (Å²) < 4.78 is 0. The Morgan fingerprint density at radius 3 is 2.86 bits per heavy atom. The van der Waals surface area contributed by atoms with Gasteiger partial charge in [0.1, 0.15) is 5.15 Å². The lowest BCUT2D eigenvalue weighted by Gasteiger charge is -2.03. The Labute approximate surface area is 88.0 Å². The molecular formula is C10H11ClN2O. The van der Waals surface area contributed by atoms with Crippen LogP contribution >= 0.6 is 11.6 Å². The third-order valence-electron chi connectivity index (χ3n) is 1.55. The van der Waals surface area contributed by atoms with Gasteiger partial charge in [0.05, 0.1) is 5.56 Å². The molecule has 1 rings (SSSR count). The highest BCUT2D eigenvalue weighted by Gasteiger charge is 2.06. The molecule has 74 valence electrons. The second-order valence-electron chi connectivity index (χ2n) is 2.99. The van der Waals surface area contributed by atoms with Gasteiger partial charge >= 0.3 is 0 Å². The Morgan fingerprint density at radius 1 is 1.57 bits per heavy atom. The molecule has 0 amide bonds. The first-order valence-electron chi connectivity index (χ1n) is 4.10. The van der Waals surface area contributed by atoms with Crippen LogP contribution in [0.5, 0.6) is 0 Å². The number of nitrogens with zero attached hydrogens (tertiary/aromatic N) is 2. The van der Waals surface area contributed by atoms with E-state index >= 15 is 0 Å². The maximum atomic E-state index is 11.5. The lowest BCUT2D eigenvalue weighted by molar-refractivity contribution is 0.104. The normalized spacial score (nSPS) is 10.5. The standard InChI is InChI=1S/C10H11ClN2O/c1-13(2)7-5-9(14)8-4-3-6-12-10(8)11/h3-7H,1-2H3/b7-5+. The number of carbonyl (C=O) groups is 1. The number of hydrogen-bond donors (Lipinski definition) is 0. The van der Waals surface area contributed by atoms with Crippen molar-refractivity contribution >= 4 is 17.4 Å². The van der Waals surface area contributed by atoms with Crippen molar-refractivity contribution in [3.8, 4) is 0 Å². The number of ketones is 1. The van der Waals surface area contributed by atoms with Gasteiger partial charge < -0.3 is 4.90 Å². The molecule has 1 heterocycles. The monoisotopic (exact) mass is 210 g/mol. The van der Waals surface area contributed by atoms with E-state index in [0.29, 0.717) is 5.56 Å². The minimum atomic E-state index is -0.142. The van der Waals surface area contributed by atoms with Crippen molar-refractivity contribution in [3.63, 3.8) is 0 Å². The maximum absolute atomic E-state index is 11.5. The van der Waals surface area contributed by atoms with Gasteiger partial charge in [0.25, 0.3) is 0 Å². The number of rotatable bonds is 3. The van der Waals surface area contributed by atoms with Gasteiger partial charge in [-0.2, -0.15) is 0 Å². The number of allylic oxidation sites excluding steroid dienone is 1. The van der Waals surface area contributed by atoms with E-state index in [9.17, 15) is 4.79 Å². The maximum Gasteiger partial charge on any atom is 0.190 e. The molecule has 0 saturated carbocycles. The van der Waals surface area contributed by atoms with Crippen LogP contribution in [0.4, 0.5) is 0 Å². The molecule has 0 radical (unpaired) electrons. The molecule has 0 fully saturated rings. The zero-order valence-electron chi connectivity index (χ0n) is 8.07. The first-order chi connectivity index (χ1) is 6.61. The molecule has 0 atom stereocenters. The van der Waals surface area contributed by atoms with Crippen LogP contribution in [0.3, 0.4) is 0 Å². The van der Waals surface area contributed by atoms with Gasteiger partial charge in [-0.3, -0.25) is 4.79 Å². The quantitative estimate of drug-likeness (QED) is 0.435. The average Bonchev–Trinajstić information content (AvgIpc) is 2.15. The number of aromatic nitrogens is 1. The third-order valence-corrected chi connectivity index (χ3v) is 1.85. The molecule has 4 heteroatoms. The van der Waals surface area contributed by atoms with Crippen molar-refractivity contribution in [3.05, 3.63) is 41.3 Å². The van der Waals surface area contributed by atoms with Crippen LogP contribution in [-0.4, -0.2) is 29.8 Å². The Balaban J connectivity index is 2.85. The predicted molar refractivity (Wildman–Crippen MR) is 56.4 cm³/mol. The average molecular weight is 211 g/mol. The number of halogens is 1. The molecule has 0 unspecified atom stereocenters. The summed E-state index contributed by atoms with van der Waals surface area (Å²) in [4.78, 5) is 17.1. The summed E-state index contributed by atoms with van der Waals surface area (Å²) >= 11 is 5.75. The summed E-state index contributed by atoms with van der Waals surface area (Å²) in [6.45, 7) is 0. The molecule has 0 N–H and O–H groups in total. The van der Waals surface area contributed by atoms with E-state index in [4.69, 9.17) is 11.6 Å². The molecule has 0 aliphatic carbocycles. The topological polar surface area (TPSA) is 33.2 Å². The van der Waals surface area contributed by atoms with E-state index in [1.54, 1.807) is 29.4 Å². The highest BCUT2D eigenvalue weighted by atomic mass is 35.5. The summed E-state index contributed by atoms with van der Waals surface area (Å²) in [5, 5.41) is 0.237. The molecule has 0 bridgehead atoms. The number of pyridine rings is 1. The largest absolute Gasteiger partial charge is 0.383 e. The summed E-state index contributed by atoms with van der Waals surface area (Å²) in [7, 11) is 3.68. The SMILES string of the molecule is CN(C)/C=C/C(=O)c1cccnc1Cl. The fraction of sp³-hybridized carbons (Fsp3) is 0.200. The van der Waals surface area contributed by atoms with Gasteiger partial charge in [0, 0.05) is 32.6 Å². The molecule has 0 aliphatic rings. The summed E-state index contributed by atoms with van der Waals surface area (Å²) in [5.74, 6) is -0.142. The molecule has 0 aromatic carbocycles. The van der Waals surface area contributed by atoms with Crippen molar-refractivity contribution in [1.29, 1.82) is 0 Å². The van der Waals surface area contributed by atoms with E-state index in [2.05, 4.69) is 4.98 Å². The van der Waals surface area contributed by atoms with Crippen molar-refractivity contribution in [2.75, 3.05) is 14.1 Å². The van der Waals surface area contributed by atoms with E-state index in [0.717, 1.165) is 0 Å². The fourth-order valence-corrected chi connectivity index (χ4v) is 1.09. The zero-order chi connectivity index (χ0) is 10.6. The van der Waals surface area contributed by atoms with Crippen molar-refractivity contribution in [1.82, 2.24) is 9.88 Å². The molecule has 1 aromatic rings. The highest BCUT2D eigenvalue weighted by molar-refractivity contribution is 6.33. The van der Waals surface area contributed by atoms with Crippen LogP contribution in [-0.2, 0) is 0 Å².